The SMILES string of the molecule is CCCC(Cc1c[nH]c2ccccc12)NC(=O)C(N)=NC(=N)N1CCN(C(C)C)CC1. The molecule has 1 fully saturated rings. The number of amides is 1. The fourth-order valence-corrected chi connectivity index (χ4v) is 4.08. The third-order valence-corrected chi connectivity index (χ3v) is 5.92. The largest absolute Gasteiger partial charge is 0.379 e. The minimum atomic E-state index is -0.413. The molecule has 8 nitrogen and oxygen atoms in total. The van der Waals surface area contributed by atoms with E-state index in [4.69, 9.17) is 11.1 Å². The Balaban J connectivity index is 1.60. The molecular weight excluding hydrogens is 390 g/mol. The number of nitrogens with zero attached hydrogens (tertiary/aromatic N) is 3. The normalized spacial score (nSPS) is 16.6. The number of aliphatic imine (C=N–C) groups is 1. The number of aromatic nitrogens is 1. The number of para-hydroxylation sites is 1. The van der Waals surface area contributed by atoms with Crippen LogP contribution in [0.25, 0.3) is 10.9 Å². The number of nitrogens with two attached hydrogens (primary N) is 1. The van der Waals surface area contributed by atoms with Gasteiger partial charge in [-0.2, -0.15) is 4.99 Å². The zero-order valence-electron chi connectivity index (χ0n) is 18.8. The van der Waals surface area contributed by atoms with Gasteiger partial charge in [-0.05, 0) is 38.3 Å². The number of carbonyl (C=O) groups excluding carboxylic acids is 1. The second kappa shape index (κ2) is 10.4. The number of fused-ring (bicyclic) bond motifs is 1. The van der Waals surface area contributed by atoms with Gasteiger partial charge in [0.15, 0.2) is 5.84 Å². The van der Waals surface area contributed by atoms with Gasteiger partial charge in [0, 0.05) is 55.4 Å². The first-order valence-corrected chi connectivity index (χ1v) is 11.2. The van der Waals surface area contributed by atoms with E-state index >= 15 is 0 Å². The molecule has 0 radical (unpaired) electrons. The van der Waals surface area contributed by atoms with Gasteiger partial charge in [0.05, 0.1) is 0 Å². The number of hydrogen-bond acceptors (Lipinski definition) is 3. The second-order valence-corrected chi connectivity index (χ2v) is 8.46. The molecule has 2 heterocycles. The molecule has 1 aliphatic heterocycles. The van der Waals surface area contributed by atoms with Crippen LogP contribution >= 0.6 is 0 Å². The molecule has 1 amide bonds. The highest BCUT2D eigenvalue weighted by Gasteiger charge is 2.22. The van der Waals surface area contributed by atoms with E-state index in [0.717, 1.165) is 31.4 Å². The Morgan fingerprint density at radius 2 is 1.97 bits per heavy atom. The van der Waals surface area contributed by atoms with Gasteiger partial charge >= 0.3 is 0 Å². The first-order valence-electron chi connectivity index (χ1n) is 11.2. The number of guanidine groups is 1. The molecule has 1 unspecified atom stereocenters. The van der Waals surface area contributed by atoms with Gasteiger partial charge in [0.1, 0.15) is 0 Å². The molecule has 3 rings (SSSR count). The van der Waals surface area contributed by atoms with Crippen LogP contribution in [0.2, 0.25) is 0 Å². The van der Waals surface area contributed by atoms with Crippen molar-refractivity contribution in [1.82, 2.24) is 20.1 Å². The lowest BCUT2D eigenvalue weighted by atomic mass is 10.0. The molecule has 2 aromatic rings. The zero-order chi connectivity index (χ0) is 22.4. The maximum absolute atomic E-state index is 12.7. The molecule has 0 aliphatic carbocycles. The van der Waals surface area contributed by atoms with Crippen molar-refractivity contribution in [3.63, 3.8) is 0 Å². The van der Waals surface area contributed by atoms with Crippen LogP contribution in [0.3, 0.4) is 0 Å². The summed E-state index contributed by atoms with van der Waals surface area (Å²) < 4.78 is 0. The zero-order valence-corrected chi connectivity index (χ0v) is 18.8. The number of piperazine rings is 1. The first kappa shape index (κ1) is 22.8. The summed E-state index contributed by atoms with van der Waals surface area (Å²) in [7, 11) is 0. The molecule has 1 aromatic heterocycles. The molecular formula is C23H35N7O. The summed E-state index contributed by atoms with van der Waals surface area (Å²) in [6.45, 7) is 9.63. The van der Waals surface area contributed by atoms with E-state index in [1.165, 1.54) is 10.9 Å². The number of amidine groups is 1. The first-order chi connectivity index (χ1) is 14.9. The van der Waals surface area contributed by atoms with E-state index in [2.05, 4.69) is 47.0 Å². The summed E-state index contributed by atoms with van der Waals surface area (Å²) in [6, 6.07) is 8.59. The Kier molecular flexibility index (Phi) is 7.68. The summed E-state index contributed by atoms with van der Waals surface area (Å²) in [4.78, 5) is 24.3. The van der Waals surface area contributed by atoms with Crippen molar-refractivity contribution in [2.75, 3.05) is 26.2 Å². The Labute approximate surface area is 184 Å². The molecule has 1 aromatic carbocycles. The van der Waals surface area contributed by atoms with Crippen LogP contribution in [0.15, 0.2) is 35.5 Å². The molecule has 31 heavy (non-hydrogen) atoms. The Morgan fingerprint density at radius 1 is 1.26 bits per heavy atom. The van der Waals surface area contributed by atoms with Crippen LogP contribution in [0.5, 0.6) is 0 Å². The molecule has 8 heteroatoms. The van der Waals surface area contributed by atoms with E-state index in [-0.39, 0.29) is 17.8 Å². The molecule has 1 atom stereocenters. The molecule has 0 saturated carbocycles. The minimum Gasteiger partial charge on any atom is -0.379 e. The number of hydrogen-bond donors (Lipinski definition) is 4. The van der Waals surface area contributed by atoms with Crippen molar-refractivity contribution in [3.05, 3.63) is 36.0 Å². The average molecular weight is 426 g/mol. The van der Waals surface area contributed by atoms with Crippen molar-refractivity contribution in [1.29, 1.82) is 5.41 Å². The van der Waals surface area contributed by atoms with Gasteiger partial charge in [0.25, 0.3) is 5.91 Å². The molecule has 0 bridgehead atoms. The molecule has 5 N–H and O–H groups in total. The van der Waals surface area contributed by atoms with Crippen molar-refractivity contribution in [2.45, 2.75) is 52.1 Å². The lowest BCUT2D eigenvalue weighted by molar-refractivity contribution is -0.115. The fraction of sp³-hybridized carbons (Fsp3) is 0.522. The van der Waals surface area contributed by atoms with Crippen LogP contribution in [0, 0.1) is 5.41 Å². The van der Waals surface area contributed by atoms with Gasteiger partial charge in [-0.3, -0.25) is 15.1 Å². The van der Waals surface area contributed by atoms with Crippen LogP contribution in [-0.4, -0.2) is 70.7 Å². The van der Waals surface area contributed by atoms with E-state index in [1.54, 1.807) is 0 Å². The number of aromatic amines is 1. The molecule has 0 spiro atoms. The Bertz CT molecular complexity index is 925. The standard InChI is InChI=1S/C23H35N7O/c1-4-7-18(14-17-15-26-20-9-6-5-8-19(17)20)27-22(31)21(24)28-23(25)30-12-10-29(11-13-30)16(2)3/h5-6,8-9,15-16,18,26H,4,7,10-14H2,1-3H3,(H,27,31)(H3,24,25,28). The second-order valence-electron chi connectivity index (χ2n) is 8.46. The smallest absolute Gasteiger partial charge is 0.286 e. The van der Waals surface area contributed by atoms with Crippen molar-refractivity contribution >= 4 is 28.6 Å². The quantitative estimate of drug-likeness (QED) is 0.420. The van der Waals surface area contributed by atoms with Crippen LogP contribution in [-0.2, 0) is 11.2 Å². The number of rotatable bonds is 6. The average Bonchev–Trinajstić information content (AvgIpc) is 3.16. The predicted molar refractivity (Wildman–Crippen MR) is 126 cm³/mol. The van der Waals surface area contributed by atoms with Crippen molar-refractivity contribution < 1.29 is 4.79 Å². The molecule has 1 saturated heterocycles. The predicted octanol–water partition coefficient (Wildman–Crippen LogP) is 2.31. The highest BCUT2D eigenvalue weighted by atomic mass is 16.2. The minimum absolute atomic E-state index is 0.0470. The Hall–Kier alpha value is -2.87. The number of H-pyrrole nitrogens is 1. The van der Waals surface area contributed by atoms with Gasteiger partial charge in [-0.25, -0.2) is 0 Å². The number of benzene rings is 1. The van der Waals surface area contributed by atoms with E-state index in [9.17, 15) is 4.79 Å². The maximum Gasteiger partial charge on any atom is 0.286 e. The summed E-state index contributed by atoms with van der Waals surface area (Å²) in [5.41, 5.74) is 8.22. The van der Waals surface area contributed by atoms with Crippen LogP contribution in [0.1, 0.15) is 39.2 Å². The topological polar surface area (TPSA) is 114 Å². The van der Waals surface area contributed by atoms with Crippen LogP contribution < -0.4 is 11.1 Å². The number of carbonyl (C=O) groups is 1. The van der Waals surface area contributed by atoms with Gasteiger partial charge in [-0.1, -0.05) is 31.5 Å². The third kappa shape index (κ3) is 5.85. The highest BCUT2D eigenvalue weighted by molar-refractivity contribution is 6.38. The monoisotopic (exact) mass is 425 g/mol. The summed E-state index contributed by atoms with van der Waals surface area (Å²) in [5.74, 6) is -0.514. The summed E-state index contributed by atoms with van der Waals surface area (Å²) >= 11 is 0. The van der Waals surface area contributed by atoms with Crippen molar-refractivity contribution in [3.8, 4) is 0 Å². The van der Waals surface area contributed by atoms with Gasteiger partial charge in [0.2, 0.25) is 5.96 Å². The fourth-order valence-electron chi connectivity index (χ4n) is 4.08. The van der Waals surface area contributed by atoms with E-state index < -0.39 is 5.91 Å². The van der Waals surface area contributed by atoms with E-state index in [1.807, 2.05) is 29.3 Å². The van der Waals surface area contributed by atoms with Crippen LogP contribution in [0.4, 0.5) is 0 Å². The van der Waals surface area contributed by atoms with Gasteiger partial charge < -0.3 is 20.9 Å². The maximum atomic E-state index is 12.7. The third-order valence-electron chi connectivity index (χ3n) is 5.92. The van der Waals surface area contributed by atoms with Gasteiger partial charge in [-0.15, -0.1) is 0 Å². The van der Waals surface area contributed by atoms with E-state index in [0.29, 0.717) is 25.6 Å². The molecule has 168 valence electrons. The molecule has 1 aliphatic rings. The highest BCUT2D eigenvalue weighted by Crippen LogP contribution is 2.20. The van der Waals surface area contributed by atoms with Crippen molar-refractivity contribution in [2.24, 2.45) is 10.7 Å². The summed E-state index contributed by atoms with van der Waals surface area (Å²) in [6.07, 6.45) is 4.50. The Morgan fingerprint density at radius 3 is 2.65 bits per heavy atom. The lowest BCUT2D eigenvalue weighted by Gasteiger charge is -2.37. The number of nitrogens with one attached hydrogen (secondary N) is 3. The summed E-state index contributed by atoms with van der Waals surface area (Å²) in [5, 5.41) is 12.4. The lowest BCUT2D eigenvalue weighted by Crippen LogP contribution is -2.51.